The summed E-state index contributed by atoms with van der Waals surface area (Å²) in [6, 6.07) is 17.6. The number of aryl methyl sites for hydroxylation is 1. The van der Waals surface area contributed by atoms with Gasteiger partial charge in [0.05, 0.1) is 23.1 Å². The van der Waals surface area contributed by atoms with Gasteiger partial charge in [-0.3, -0.25) is 9.59 Å². The normalized spacial score (nSPS) is 20.0. The van der Waals surface area contributed by atoms with Crippen LogP contribution in [0.15, 0.2) is 60.8 Å². The second-order valence-corrected chi connectivity index (χ2v) is 9.55. The van der Waals surface area contributed by atoms with E-state index in [1.807, 2.05) is 11.8 Å². The van der Waals surface area contributed by atoms with Gasteiger partial charge in [-0.25, -0.2) is 4.68 Å². The molecule has 0 bridgehead atoms. The first kappa shape index (κ1) is 22.3. The molecule has 1 aromatic heterocycles. The molecule has 0 saturated carbocycles. The summed E-state index contributed by atoms with van der Waals surface area (Å²) < 4.78 is 1.74. The fourth-order valence-electron chi connectivity index (χ4n) is 5.41. The molecule has 0 spiro atoms. The van der Waals surface area contributed by atoms with Gasteiger partial charge in [0.2, 0.25) is 5.91 Å². The molecule has 7 nitrogen and oxygen atoms in total. The van der Waals surface area contributed by atoms with Gasteiger partial charge in [0.1, 0.15) is 0 Å². The van der Waals surface area contributed by atoms with Crippen molar-refractivity contribution in [3.05, 3.63) is 83.2 Å². The Kier molecular flexibility index (Phi) is 6.20. The van der Waals surface area contributed by atoms with Gasteiger partial charge in [-0.1, -0.05) is 30.3 Å². The molecule has 7 heteroatoms. The second kappa shape index (κ2) is 9.43. The zero-order valence-electron chi connectivity index (χ0n) is 19.6. The first-order valence-corrected chi connectivity index (χ1v) is 12.0. The Morgan fingerprint density at radius 3 is 2.29 bits per heavy atom. The average Bonchev–Trinajstić information content (AvgIpc) is 3.52. The summed E-state index contributed by atoms with van der Waals surface area (Å²) in [5, 5.41) is 4.44. The molecule has 1 unspecified atom stereocenters. The standard InChI is InChI=1S/C27H31N5O2/c1-19-25(14-29-32(19)24-11-9-21(10-12-24)26(28)33)27(34)31-17-22-15-30(16-23(22)18-31)13-5-8-20-6-3-2-4-7-20/h2-4,6-7,9-12,14,22-23H,5,8,13,15-18H2,1H3,(H2,28,33)/t22-,23?/m0/s1. The number of carbonyl (C=O) groups is 2. The maximum Gasteiger partial charge on any atom is 0.257 e. The molecule has 2 aliphatic rings. The number of benzene rings is 2. The number of rotatable bonds is 7. The number of aromatic nitrogens is 2. The Bertz CT molecular complexity index is 1160. The van der Waals surface area contributed by atoms with Gasteiger partial charge in [0, 0.05) is 31.7 Å². The van der Waals surface area contributed by atoms with E-state index in [9.17, 15) is 9.59 Å². The molecule has 2 aromatic carbocycles. The highest BCUT2D eigenvalue weighted by Gasteiger charge is 2.41. The first-order valence-electron chi connectivity index (χ1n) is 12.0. The molecule has 2 saturated heterocycles. The Morgan fingerprint density at radius 1 is 0.971 bits per heavy atom. The van der Waals surface area contributed by atoms with E-state index in [2.05, 4.69) is 40.3 Å². The fourth-order valence-corrected chi connectivity index (χ4v) is 5.41. The van der Waals surface area contributed by atoms with Crippen molar-refractivity contribution in [1.29, 1.82) is 0 Å². The lowest BCUT2D eigenvalue weighted by Crippen LogP contribution is -2.33. The number of hydrogen-bond donors (Lipinski definition) is 1. The lowest BCUT2D eigenvalue weighted by molar-refractivity contribution is 0.0773. The summed E-state index contributed by atoms with van der Waals surface area (Å²) in [7, 11) is 0. The number of carbonyl (C=O) groups excluding carboxylic acids is 2. The van der Waals surface area contributed by atoms with E-state index in [1.165, 1.54) is 12.0 Å². The van der Waals surface area contributed by atoms with Crippen LogP contribution in [0.25, 0.3) is 5.69 Å². The Morgan fingerprint density at radius 2 is 1.65 bits per heavy atom. The van der Waals surface area contributed by atoms with Gasteiger partial charge in [-0.2, -0.15) is 5.10 Å². The molecule has 3 heterocycles. The predicted octanol–water partition coefficient (Wildman–Crippen LogP) is 2.92. The second-order valence-electron chi connectivity index (χ2n) is 9.55. The number of primary amides is 1. The highest BCUT2D eigenvalue weighted by atomic mass is 16.2. The molecule has 2 amide bonds. The number of amides is 2. The lowest BCUT2D eigenvalue weighted by atomic mass is 10.0. The summed E-state index contributed by atoms with van der Waals surface area (Å²) in [5.74, 6) is 0.700. The summed E-state index contributed by atoms with van der Waals surface area (Å²) in [5.41, 5.74) is 9.41. The third-order valence-electron chi connectivity index (χ3n) is 7.27. The van der Waals surface area contributed by atoms with Gasteiger partial charge in [-0.05, 0) is 68.0 Å². The molecule has 2 N–H and O–H groups in total. The van der Waals surface area contributed by atoms with E-state index in [0.717, 1.165) is 50.5 Å². The van der Waals surface area contributed by atoms with Crippen LogP contribution in [-0.4, -0.2) is 64.1 Å². The van der Waals surface area contributed by atoms with Crippen LogP contribution in [0.4, 0.5) is 0 Å². The fraction of sp³-hybridized carbons (Fsp3) is 0.370. The number of fused-ring (bicyclic) bond motifs is 1. The van der Waals surface area contributed by atoms with E-state index in [1.54, 1.807) is 35.1 Å². The minimum Gasteiger partial charge on any atom is -0.366 e. The molecule has 5 rings (SSSR count). The van der Waals surface area contributed by atoms with Crippen molar-refractivity contribution in [3.8, 4) is 5.69 Å². The van der Waals surface area contributed by atoms with E-state index < -0.39 is 5.91 Å². The van der Waals surface area contributed by atoms with Gasteiger partial charge >= 0.3 is 0 Å². The van der Waals surface area contributed by atoms with Crippen LogP contribution in [0.3, 0.4) is 0 Å². The van der Waals surface area contributed by atoms with Gasteiger partial charge in [0.25, 0.3) is 5.91 Å². The SMILES string of the molecule is Cc1c(C(=O)N2CC3CN(CCCc4ccccc4)C[C@H]3C2)cnn1-c1ccc(C(N)=O)cc1. The molecule has 2 atom stereocenters. The molecule has 2 aliphatic heterocycles. The third kappa shape index (κ3) is 4.48. The molecule has 0 aliphatic carbocycles. The molecule has 2 fully saturated rings. The van der Waals surface area contributed by atoms with Crippen molar-refractivity contribution >= 4 is 11.8 Å². The largest absolute Gasteiger partial charge is 0.366 e. The summed E-state index contributed by atoms with van der Waals surface area (Å²) >= 11 is 0. The molecule has 3 aromatic rings. The zero-order valence-corrected chi connectivity index (χ0v) is 19.6. The number of hydrogen-bond acceptors (Lipinski definition) is 4. The summed E-state index contributed by atoms with van der Waals surface area (Å²) in [4.78, 5) is 29.2. The highest BCUT2D eigenvalue weighted by Crippen LogP contribution is 2.32. The number of nitrogens with zero attached hydrogens (tertiary/aromatic N) is 4. The van der Waals surface area contributed by atoms with Crippen LogP contribution in [0.5, 0.6) is 0 Å². The smallest absolute Gasteiger partial charge is 0.257 e. The summed E-state index contributed by atoms with van der Waals surface area (Å²) in [6.45, 7) is 6.82. The topological polar surface area (TPSA) is 84.5 Å². The molecule has 34 heavy (non-hydrogen) atoms. The monoisotopic (exact) mass is 457 g/mol. The van der Waals surface area contributed by atoms with Crippen LogP contribution in [-0.2, 0) is 6.42 Å². The average molecular weight is 458 g/mol. The van der Waals surface area contributed by atoms with E-state index >= 15 is 0 Å². The first-order chi connectivity index (χ1) is 16.5. The van der Waals surface area contributed by atoms with Crippen molar-refractivity contribution in [2.45, 2.75) is 19.8 Å². The van der Waals surface area contributed by atoms with Crippen LogP contribution < -0.4 is 5.73 Å². The Hall–Kier alpha value is -3.45. The highest BCUT2D eigenvalue weighted by molar-refractivity contribution is 5.95. The number of nitrogens with two attached hydrogens (primary N) is 1. The molecule has 0 radical (unpaired) electrons. The minimum atomic E-state index is -0.464. The van der Waals surface area contributed by atoms with Crippen LogP contribution in [0, 0.1) is 18.8 Å². The third-order valence-corrected chi connectivity index (χ3v) is 7.27. The van der Waals surface area contributed by atoms with Crippen molar-refractivity contribution in [1.82, 2.24) is 19.6 Å². The Balaban J connectivity index is 1.16. The van der Waals surface area contributed by atoms with Gasteiger partial charge < -0.3 is 15.5 Å². The van der Waals surface area contributed by atoms with E-state index in [-0.39, 0.29) is 5.91 Å². The van der Waals surface area contributed by atoms with Crippen LogP contribution in [0.2, 0.25) is 0 Å². The maximum absolute atomic E-state index is 13.3. The quantitative estimate of drug-likeness (QED) is 0.591. The van der Waals surface area contributed by atoms with Gasteiger partial charge in [0.15, 0.2) is 0 Å². The molecular weight excluding hydrogens is 426 g/mol. The molecular formula is C27H31N5O2. The Labute approximate surface area is 200 Å². The molecule has 176 valence electrons. The maximum atomic E-state index is 13.3. The van der Waals surface area contributed by atoms with Crippen molar-refractivity contribution < 1.29 is 9.59 Å². The van der Waals surface area contributed by atoms with E-state index in [4.69, 9.17) is 5.73 Å². The number of likely N-dealkylation sites (tertiary alicyclic amines) is 2. The van der Waals surface area contributed by atoms with Crippen LogP contribution >= 0.6 is 0 Å². The van der Waals surface area contributed by atoms with Crippen molar-refractivity contribution in [2.75, 3.05) is 32.7 Å². The summed E-state index contributed by atoms with van der Waals surface area (Å²) in [6.07, 6.45) is 3.94. The van der Waals surface area contributed by atoms with Crippen LogP contribution in [0.1, 0.15) is 38.4 Å². The predicted molar refractivity (Wildman–Crippen MR) is 131 cm³/mol. The van der Waals surface area contributed by atoms with E-state index in [0.29, 0.717) is 23.0 Å². The van der Waals surface area contributed by atoms with Gasteiger partial charge in [-0.15, -0.1) is 0 Å². The van der Waals surface area contributed by atoms with Crippen molar-refractivity contribution in [2.24, 2.45) is 17.6 Å². The zero-order chi connectivity index (χ0) is 23.7. The van der Waals surface area contributed by atoms with Crippen molar-refractivity contribution in [3.63, 3.8) is 0 Å². The minimum absolute atomic E-state index is 0.0579. The lowest BCUT2D eigenvalue weighted by Gasteiger charge is -2.21.